The molecular formula is C16H18F2O. The zero-order valence-electron chi connectivity index (χ0n) is 10.7. The van der Waals surface area contributed by atoms with Gasteiger partial charge in [0.1, 0.15) is 11.6 Å². The molecule has 19 heavy (non-hydrogen) atoms. The van der Waals surface area contributed by atoms with Crippen LogP contribution in [-0.4, -0.2) is 11.2 Å². The van der Waals surface area contributed by atoms with Crippen molar-refractivity contribution in [2.45, 2.75) is 31.8 Å². The summed E-state index contributed by atoms with van der Waals surface area (Å²) in [5.41, 5.74) is 0.572. The van der Waals surface area contributed by atoms with E-state index in [4.69, 9.17) is 0 Å². The number of halogens is 2. The lowest BCUT2D eigenvalue weighted by molar-refractivity contribution is 0.128. The molecule has 3 saturated carbocycles. The first-order valence-electron chi connectivity index (χ1n) is 7.26. The van der Waals surface area contributed by atoms with Gasteiger partial charge in [-0.05, 0) is 73.0 Å². The molecule has 3 aliphatic rings. The van der Waals surface area contributed by atoms with Gasteiger partial charge in [-0.15, -0.1) is 0 Å². The van der Waals surface area contributed by atoms with Crippen LogP contribution in [0.5, 0.6) is 0 Å². The Morgan fingerprint density at radius 3 is 2.21 bits per heavy atom. The average Bonchev–Trinajstić information content (AvgIpc) is 2.78. The average molecular weight is 264 g/mol. The summed E-state index contributed by atoms with van der Waals surface area (Å²) < 4.78 is 26.3. The van der Waals surface area contributed by atoms with Crippen molar-refractivity contribution < 1.29 is 13.9 Å². The van der Waals surface area contributed by atoms with Gasteiger partial charge in [-0.25, -0.2) is 8.78 Å². The molecule has 0 heterocycles. The molecular weight excluding hydrogens is 246 g/mol. The Labute approximate surface area is 111 Å². The van der Waals surface area contributed by atoms with Gasteiger partial charge in [0.2, 0.25) is 0 Å². The Kier molecular flexibility index (Phi) is 2.50. The summed E-state index contributed by atoms with van der Waals surface area (Å²) in [5.74, 6) is 2.31. The van der Waals surface area contributed by atoms with Crippen LogP contribution in [0.15, 0.2) is 18.2 Å². The second kappa shape index (κ2) is 4.02. The van der Waals surface area contributed by atoms with Crippen molar-refractivity contribution in [2.75, 3.05) is 0 Å². The van der Waals surface area contributed by atoms with Crippen molar-refractivity contribution in [3.63, 3.8) is 0 Å². The monoisotopic (exact) mass is 264 g/mol. The van der Waals surface area contributed by atoms with Crippen LogP contribution >= 0.6 is 0 Å². The van der Waals surface area contributed by atoms with Crippen molar-refractivity contribution in [3.05, 3.63) is 35.4 Å². The number of hydrogen-bond donors (Lipinski definition) is 1. The van der Waals surface area contributed by atoms with Gasteiger partial charge in [0.15, 0.2) is 0 Å². The van der Waals surface area contributed by atoms with E-state index in [1.54, 1.807) is 0 Å². The third-order valence-electron chi connectivity index (χ3n) is 5.61. The SMILES string of the molecule is OC(Cc1cc(F)cc(F)c1)C1C2C3CCC(C3)C12. The van der Waals surface area contributed by atoms with Crippen molar-refractivity contribution in [1.29, 1.82) is 0 Å². The first-order valence-corrected chi connectivity index (χ1v) is 7.26. The van der Waals surface area contributed by atoms with Crippen LogP contribution in [0.25, 0.3) is 0 Å². The molecule has 102 valence electrons. The van der Waals surface area contributed by atoms with E-state index in [1.165, 1.54) is 31.4 Å². The van der Waals surface area contributed by atoms with E-state index >= 15 is 0 Å². The van der Waals surface area contributed by atoms with Gasteiger partial charge in [-0.2, -0.15) is 0 Å². The quantitative estimate of drug-likeness (QED) is 0.889. The molecule has 1 N–H and O–H groups in total. The normalized spacial score (nSPS) is 40.3. The molecule has 1 aromatic rings. The summed E-state index contributed by atoms with van der Waals surface area (Å²) in [7, 11) is 0. The summed E-state index contributed by atoms with van der Waals surface area (Å²) in [6.07, 6.45) is 3.95. The predicted octanol–water partition coefficient (Wildman–Crippen LogP) is 3.16. The van der Waals surface area contributed by atoms with Crippen LogP contribution < -0.4 is 0 Å². The third-order valence-corrected chi connectivity index (χ3v) is 5.61. The van der Waals surface area contributed by atoms with E-state index < -0.39 is 17.7 Å². The Hall–Kier alpha value is -0.960. The Morgan fingerprint density at radius 1 is 1.05 bits per heavy atom. The molecule has 3 fully saturated rings. The molecule has 0 aliphatic heterocycles. The smallest absolute Gasteiger partial charge is 0.126 e. The first kappa shape index (κ1) is 11.8. The van der Waals surface area contributed by atoms with Gasteiger partial charge in [0.25, 0.3) is 0 Å². The molecule has 2 bridgehead atoms. The molecule has 5 unspecified atom stereocenters. The van der Waals surface area contributed by atoms with E-state index in [9.17, 15) is 13.9 Å². The zero-order chi connectivity index (χ0) is 13.1. The van der Waals surface area contributed by atoms with Gasteiger partial charge in [0, 0.05) is 6.07 Å². The highest BCUT2D eigenvalue weighted by atomic mass is 19.1. The van der Waals surface area contributed by atoms with Gasteiger partial charge in [0.05, 0.1) is 6.10 Å². The number of aliphatic hydroxyl groups excluding tert-OH is 1. The molecule has 3 heteroatoms. The summed E-state index contributed by atoms with van der Waals surface area (Å²) in [4.78, 5) is 0. The molecule has 1 nitrogen and oxygen atoms in total. The second-order valence-electron chi connectivity index (χ2n) is 6.61. The standard InChI is InChI=1S/C16H18F2O/c17-11-3-8(4-12(18)7-11)5-13(19)16-14-9-1-2-10(6-9)15(14)16/h3-4,7,9-10,13-16,19H,1-2,5-6H2. The lowest BCUT2D eigenvalue weighted by atomic mass is 9.95. The minimum atomic E-state index is -0.557. The fraction of sp³-hybridized carbons (Fsp3) is 0.625. The van der Waals surface area contributed by atoms with Gasteiger partial charge in [-0.1, -0.05) is 0 Å². The summed E-state index contributed by atoms with van der Waals surface area (Å²) in [6.45, 7) is 0. The second-order valence-corrected chi connectivity index (χ2v) is 6.61. The molecule has 0 saturated heterocycles. The van der Waals surface area contributed by atoms with Crippen LogP contribution in [0.4, 0.5) is 8.78 Å². The fourth-order valence-corrected chi connectivity index (χ4v) is 5.01. The van der Waals surface area contributed by atoms with Crippen LogP contribution in [0, 0.1) is 41.2 Å². The highest BCUT2D eigenvalue weighted by molar-refractivity contribution is 5.21. The van der Waals surface area contributed by atoms with Gasteiger partial charge in [-0.3, -0.25) is 0 Å². The predicted molar refractivity (Wildman–Crippen MR) is 67.4 cm³/mol. The van der Waals surface area contributed by atoms with E-state index in [0.29, 0.717) is 29.7 Å². The molecule has 0 aromatic heterocycles. The maximum absolute atomic E-state index is 13.1. The molecule has 5 atom stereocenters. The highest BCUT2D eigenvalue weighted by Gasteiger charge is 2.66. The van der Waals surface area contributed by atoms with Crippen LogP contribution in [0.3, 0.4) is 0 Å². The highest BCUT2D eigenvalue weighted by Crippen LogP contribution is 2.70. The van der Waals surface area contributed by atoms with Crippen molar-refractivity contribution in [2.24, 2.45) is 29.6 Å². The lowest BCUT2D eigenvalue weighted by Gasteiger charge is -2.15. The number of rotatable bonds is 3. The van der Waals surface area contributed by atoms with E-state index in [-0.39, 0.29) is 0 Å². The first-order chi connectivity index (χ1) is 9.13. The van der Waals surface area contributed by atoms with Crippen molar-refractivity contribution in [3.8, 4) is 0 Å². The molecule has 0 radical (unpaired) electrons. The van der Waals surface area contributed by atoms with Crippen molar-refractivity contribution in [1.82, 2.24) is 0 Å². The maximum Gasteiger partial charge on any atom is 0.126 e. The van der Waals surface area contributed by atoms with Crippen LogP contribution in [-0.2, 0) is 6.42 Å². The van der Waals surface area contributed by atoms with Gasteiger partial charge < -0.3 is 5.11 Å². The lowest BCUT2D eigenvalue weighted by Crippen LogP contribution is -2.18. The summed E-state index contributed by atoms with van der Waals surface area (Å²) >= 11 is 0. The Balaban J connectivity index is 1.46. The van der Waals surface area contributed by atoms with Crippen molar-refractivity contribution >= 4 is 0 Å². The number of hydrogen-bond acceptors (Lipinski definition) is 1. The Morgan fingerprint density at radius 2 is 1.63 bits per heavy atom. The summed E-state index contributed by atoms with van der Waals surface area (Å²) in [6, 6.07) is 3.54. The Bertz CT molecular complexity index is 479. The van der Waals surface area contributed by atoms with E-state index in [1.807, 2.05) is 0 Å². The molecule has 4 rings (SSSR count). The molecule has 0 amide bonds. The van der Waals surface area contributed by atoms with Gasteiger partial charge >= 0.3 is 0 Å². The van der Waals surface area contributed by atoms with Crippen LogP contribution in [0.2, 0.25) is 0 Å². The van der Waals surface area contributed by atoms with Crippen LogP contribution in [0.1, 0.15) is 24.8 Å². The molecule has 1 aromatic carbocycles. The van der Waals surface area contributed by atoms with E-state index in [0.717, 1.165) is 17.9 Å². The largest absolute Gasteiger partial charge is 0.392 e. The maximum atomic E-state index is 13.1. The van der Waals surface area contributed by atoms with E-state index in [2.05, 4.69) is 0 Å². The minimum absolute atomic E-state index is 0.381. The minimum Gasteiger partial charge on any atom is -0.392 e. The molecule has 0 spiro atoms. The topological polar surface area (TPSA) is 20.2 Å². The summed E-state index contributed by atoms with van der Waals surface area (Å²) in [5, 5.41) is 10.3. The number of aliphatic hydroxyl groups is 1. The zero-order valence-corrected chi connectivity index (χ0v) is 10.7. The number of benzene rings is 1. The fourth-order valence-electron chi connectivity index (χ4n) is 5.01. The number of fused-ring (bicyclic) bond motifs is 5. The molecule has 3 aliphatic carbocycles. The third kappa shape index (κ3) is 1.82.